The highest BCUT2D eigenvalue weighted by molar-refractivity contribution is 8.03. The Labute approximate surface area is 220 Å². The molecule has 2 radical (unpaired) electrons. The summed E-state index contributed by atoms with van der Waals surface area (Å²) in [5.74, 6) is -1.36. The largest absolute Gasteiger partial charge is 0.435 e. The number of amides is 4. The first kappa shape index (κ1) is 26.1. The number of benzene rings is 2. The first-order valence-corrected chi connectivity index (χ1v) is 12.9. The molecule has 11 heteroatoms. The molecule has 0 fully saturated rings. The van der Waals surface area contributed by atoms with Gasteiger partial charge in [0.15, 0.2) is 0 Å². The zero-order chi connectivity index (χ0) is 26.5. The van der Waals surface area contributed by atoms with E-state index in [1.54, 1.807) is 11.2 Å². The third-order valence-electron chi connectivity index (χ3n) is 6.23. The Kier molecular flexibility index (Phi) is 8.03. The molecule has 0 unspecified atom stereocenters. The number of hydrogen-bond donors (Lipinski definition) is 3. The van der Waals surface area contributed by atoms with Crippen LogP contribution in [-0.4, -0.2) is 55.9 Å². The Bertz CT molecular complexity index is 1330. The van der Waals surface area contributed by atoms with Gasteiger partial charge in [-0.2, -0.15) is 0 Å². The van der Waals surface area contributed by atoms with Crippen LogP contribution in [0.5, 0.6) is 0 Å². The molecule has 0 saturated carbocycles. The van der Waals surface area contributed by atoms with E-state index in [1.807, 2.05) is 48.5 Å². The lowest BCUT2D eigenvalue weighted by Crippen LogP contribution is -2.37. The van der Waals surface area contributed by atoms with Gasteiger partial charge in [-0.1, -0.05) is 42.5 Å². The van der Waals surface area contributed by atoms with Crippen molar-refractivity contribution in [3.05, 3.63) is 76.2 Å². The first-order valence-electron chi connectivity index (χ1n) is 11.7. The van der Waals surface area contributed by atoms with Gasteiger partial charge in [-0.15, -0.1) is 11.8 Å². The van der Waals surface area contributed by atoms with Gasteiger partial charge in [-0.05, 0) is 17.9 Å². The Morgan fingerprint density at radius 1 is 1.05 bits per heavy atom. The smallest absolute Gasteiger partial charge is 0.267 e. The molecule has 2 aromatic carbocycles. The van der Waals surface area contributed by atoms with E-state index >= 15 is 0 Å². The molecule has 0 aliphatic carbocycles. The molecule has 4 N–H and O–H groups in total. The molecule has 4 amide bonds. The predicted octanol–water partition coefficient (Wildman–Crippen LogP) is 1.50. The lowest BCUT2D eigenvalue weighted by molar-refractivity contribution is -0.137. The van der Waals surface area contributed by atoms with Gasteiger partial charge in [0, 0.05) is 43.1 Å². The van der Waals surface area contributed by atoms with Crippen molar-refractivity contribution in [1.29, 1.82) is 0 Å². The highest BCUT2D eigenvalue weighted by Gasteiger charge is 2.30. The third kappa shape index (κ3) is 5.41. The number of rotatable bonds is 8. The number of imide groups is 1. The number of hydrogen-bond acceptors (Lipinski definition) is 7. The molecule has 2 aliphatic heterocycles. The second-order valence-electron chi connectivity index (χ2n) is 8.44. The van der Waals surface area contributed by atoms with Crippen molar-refractivity contribution in [3.63, 3.8) is 0 Å². The molecule has 2 aliphatic rings. The van der Waals surface area contributed by atoms with Crippen molar-refractivity contribution in [2.45, 2.75) is 19.4 Å². The number of nitrogens with zero attached hydrogens (tertiary/aromatic N) is 2. The van der Waals surface area contributed by atoms with E-state index < -0.39 is 11.8 Å². The summed E-state index contributed by atoms with van der Waals surface area (Å²) in [4.78, 5) is 52.9. The van der Waals surface area contributed by atoms with Gasteiger partial charge < -0.3 is 21.2 Å². The highest BCUT2D eigenvalue weighted by atomic mass is 32.2. The van der Waals surface area contributed by atoms with Gasteiger partial charge >= 0.3 is 0 Å². The zero-order valence-electron chi connectivity index (χ0n) is 20.3. The summed E-state index contributed by atoms with van der Waals surface area (Å²) in [5.41, 5.74) is 10.5. The highest BCUT2D eigenvalue weighted by Crippen LogP contribution is 2.34. The SMILES string of the molecule is [B]N/C1=C(\N)c2ccccc2N(C(=O)CCNC(=O)CCN2C(=O)C=C(SC)C2=O)Cc2ccccc21. The molecule has 188 valence electrons. The molecule has 0 bridgehead atoms. The Balaban J connectivity index is 1.43. The third-order valence-corrected chi connectivity index (χ3v) is 6.97. The molecule has 37 heavy (non-hydrogen) atoms. The van der Waals surface area contributed by atoms with Crippen LogP contribution >= 0.6 is 11.8 Å². The van der Waals surface area contributed by atoms with E-state index in [1.165, 1.54) is 17.8 Å². The average molecular weight is 515 g/mol. The molecule has 4 rings (SSSR count). The maximum absolute atomic E-state index is 13.4. The van der Waals surface area contributed by atoms with Crippen molar-refractivity contribution in [2.75, 3.05) is 24.2 Å². The minimum absolute atomic E-state index is 0.0165. The zero-order valence-corrected chi connectivity index (χ0v) is 21.1. The summed E-state index contributed by atoms with van der Waals surface area (Å²) in [6.45, 7) is 0.384. The Morgan fingerprint density at radius 3 is 2.46 bits per heavy atom. The van der Waals surface area contributed by atoms with Gasteiger partial charge in [-0.25, -0.2) is 0 Å². The second-order valence-corrected chi connectivity index (χ2v) is 9.29. The van der Waals surface area contributed by atoms with Gasteiger partial charge in [0.2, 0.25) is 19.8 Å². The van der Waals surface area contributed by atoms with Crippen LogP contribution < -0.4 is 21.2 Å². The van der Waals surface area contributed by atoms with Crippen LogP contribution in [0.4, 0.5) is 5.69 Å². The number of nitrogens with two attached hydrogens (primary N) is 1. The quantitative estimate of drug-likeness (QED) is 0.360. The van der Waals surface area contributed by atoms with Crippen LogP contribution in [-0.2, 0) is 25.7 Å². The van der Waals surface area contributed by atoms with Crippen LogP contribution in [0.1, 0.15) is 29.5 Å². The first-order chi connectivity index (χ1) is 17.8. The molecule has 2 aromatic rings. The van der Waals surface area contributed by atoms with E-state index in [9.17, 15) is 19.2 Å². The summed E-state index contributed by atoms with van der Waals surface area (Å²) >= 11 is 1.19. The number of thioether (sulfide) groups is 1. The van der Waals surface area contributed by atoms with Crippen molar-refractivity contribution < 1.29 is 19.2 Å². The monoisotopic (exact) mass is 515 g/mol. The van der Waals surface area contributed by atoms with E-state index in [-0.39, 0.29) is 37.7 Å². The van der Waals surface area contributed by atoms with Gasteiger partial charge in [0.25, 0.3) is 11.8 Å². The summed E-state index contributed by atoms with van der Waals surface area (Å²) in [7, 11) is 5.82. The number of fused-ring (bicyclic) bond motifs is 2. The topological polar surface area (TPSA) is 125 Å². The fourth-order valence-electron chi connectivity index (χ4n) is 4.34. The van der Waals surface area contributed by atoms with E-state index in [0.717, 1.165) is 16.0 Å². The van der Waals surface area contributed by atoms with E-state index in [4.69, 9.17) is 13.7 Å². The predicted molar refractivity (Wildman–Crippen MR) is 145 cm³/mol. The summed E-state index contributed by atoms with van der Waals surface area (Å²) < 4.78 is 0. The second kappa shape index (κ2) is 11.4. The number of carbonyl (C=O) groups is 4. The van der Waals surface area contributed by atoms with E-state index in [0.29, 0.717) is 34.1 Å². The maximum Gasteiger partial charge on any atom is 0.267 e. The molecule has 0 aromatic heterocycles. The summed E-state index contributed by atoms with van der Waals surface area (Å²) in [6, 6.07) is 14.9. The fraction of sp³-hybridized carbons (Fsp3) is 0.231. The van der Waals surface area contributed by atoms with Crippen molar-refractivity contribution in [2.24, 2.45) is 5.73 Å². The molecule has 9 nitrogen and oxygen atoms in total. The van der Waals surface area contributed by atoms with Gasteiger partial charge in [0.05, 0.1) is 28.5 Å². The lowest BCUT2D eigenvalue weighted by Gasteiger charge is -2.30. The van der Waals surface area contributed by atoms with Crippen molar-refractivity contribution in [1.82, 2.24) is 15.4 Å². The van der Waals surface area contributed by atoms with Crippen LogP contribution in [0.2, 0.25) is 0 Å². The minimum Gasteiger partial charge on any atom is -0.435 e. The number of para-hydroxylation sites is 1. The molecular weight excluding hydrogens is 489 g/mol. The number of carbonyl (C=O) groups excluding carboxylic acids is 4. The lowest BCUT2D eigenvalue weighted by atomic mass is 9.95. The van der Waals surface area contributed by atoms with E-state index in [2.05, 4.69) is 10.5 Å². The van der Waals surface area contributed by atoms with Crippen LogP contribution in [0.25, 0.3) is 11.4 Å². The molecule has 0 spiro atoms. The van der Waals surface area contributed by atoms with Crippen LogP contribution in [0.15, 0.2) is 59.5 Å². The molecular formula is C26H26BN5O4S. The molecule has 2 heterocycles. The Hall–Kier alpha value is -3.99. The minimum atomic E-state index is -0.422. The number of anilines is 1. The normalized spacial score (nSPS) is 16.9. The molecule has 0 atom stereocenters. The van der Waals surface area contributed by atoms with Gasteiger partial charge in [-0.3, -0.25) is 24.1 Å². The van der Waals surface area contributed by atoms with Crippen LogP contribution in [0, 0.1) is 0 Å². The Morgan fingerprint density at radius 2 is 1.76 bits per heavy atom. The number of nitrogens with one attached hydrogen (secondary N) is 2. The van der Waals surface area contributed by atoms with Gasteiger partial charge in [0.1, 0.15) is 0 Å². The summed E-state index contributed by atoms with van der Waals surface area (Å²) in [5, 5.41) is 5.42. The van der Waals surface area contributed by atoms with Crippen molar-refractivity contribution >= 4 is 60.5 Å². The standard InChI is InChI=1S/C26H26BN5O4S/c1-37-20-14-23(35)31(26(20)36)13-11-21(33)29-12-10-22(34)32-15-16-6-2-3-7-17(16)25(30-27)24(28)18-8-4-5-9-19(18)32/h2-9,14,30H,10-13,15,28H2,1H3,(H,29,33)/b25-24-. The van der Waals surface area contributed by atoms with Crippen LogP contribution in [0.3, 0.4) is 0 Å². The fourth-order valence-corrected chi connectivity index (χ4v) is 4.84. The molecule has 0 saturated heterocycles. The average Bonchev–Trinajstić information content (AvgIpc) is 3.18. The maximum atomic E-state index is 13.4. The van der Waals surface area contributed by atoms with Crippen molar-refractivity contribution in [3.8, 4) is 0 Å². The summed E-state index contributed by atoms with van der Waals surface area (Å²) in [6.07, 6.45) is 2.99.